The van der Waals surface area contributed by atoms with E-state index in [0.29, 0.717) is 40.2 Å². The average molecular weight is 523 g/mol. The van der Waals surface area contributed by atoms with Crippen molar-refractivity contribution in [3.8, 4) is 5.75 Å². The van der Waals surface area contributed by atoms with Crippen LogP contribution in [-0.2, 0) is 16.1 Å². The van der Waals surface area contributed by atoms with Crippen molar-refractivity contribution in [2.45, 2.75) is 13.5 Å². The van der Waals surface area contributed by atoms with E-state index in [1.807, 2.05) is 79.7 Å². The van der Waals surface area contributed by atoms with Gasteiger partial charge in [-0.15, -0.1) is 0 Å². The first-order chi connectivity index (χ1) is 18.6. The molecule has 6 nitrogen and oxygen atoms in total. The predicted octanol–water partition coefficient (Wildman–Crippen LogP) is 6.83. The van der Waals surface area contributed by atoms with E-state index in [-0.39, 0.29) is 5.91 Å². The van der Waals surface area contributed by atoms with Gasteiger partial charge in [-0.05, 0) is 65.4 Å². The Kier molecular flexibility index (Phi) is 7.56. The molecule has 190 valence electrons. The summed E-state index contributed by atoms with van der Waals surface area (Å²) in [5.74, 6) is 0.143. The number of hydrogen-bond donors (Lipinski definition) is 0. The average Bonchev–Trinajstić information content (AvgIpc) is 3.25. The standard InChI is InChI=1S/C31H26N2O4S/c1-3-33-29(34)28(38-31(33)32-24-14-9-13-23(18-24)30(35)36-2)19-26-25-15-8-7-12-22(25)16-17-27(26)37-20-21-10-5-4-6-11-21/h4-19H,3,20H2,1-2H3. The molecule has 0 spiro atoms. The molecule has 1 aliphatic heterocycles. The first-order valence-corrected chi connectivity index (χ1v) is 13.1. The largest absolute Gasteiger partial charge is 0.488 e. The number of amides is 1. The topological polar surface area (TPSA) is 68.2 Å². The van der Waals surface area contributed by atoms with Crippen molar-refractivity contribution in [3.63, 3.8) is 0 Å². The Morgan fingerprint density at radius 3 is 2.55 bits per heavy atom. The number of ether oxygens (including phenoxy) is 2. The summed E-state index contributed by atoms with van der Waals surface area (Å²) in [5.41, 5.74) is 2.88. The summed E-state index contributed by atoms with van der Waals surface area (Å²) in [7, 11) is 1.34. The summed E-state index contributed by atoms with van der Waals surface area (Å²) in [6, 6.07) is 28.9. The van der Waals surface area contributed by atoms with Gasteiger partial charge in [-0.3, -0.25) is 9.69 Å². The highest BCUT2D eigenvalue weighted by molar-refractivity contribution is 8.18. The van der Waals surface area contributed by atoms with Crippen molar-refractivity contribution >= 4 is 51.3 Å². The van der Waals surface area contributed by atoms with Crippen molar-refractivity contribution in [1.82, 2.24) is 4.90 Å². The lowest BCUT2D eigenvalue weighted by Gasteiger charge is -2.13. The molecule has 0 unspecified atom stereocenters. The smallest absolute Gasteiger partial charge is 0.337 e. The van der Waals surface area contributed by atoms with Gasteiger partial charge in [-0.2, -0.15) is 0 Å². The molecule has 4 aromatic carbocycles. The number of fused-ring (bicyclic) bond motifs is 1. The minimum atomic E-state index is -0.436. The molecule has 1 heterocycles. The Balaban J connectivity index is 1.52. The first-order valence-electron chi connectivity index (χ1n) is 12.2. The SMILES string of the molecule is CCN1C(=O)C(=Cc2c(OCc3ccccc3)ccc3ccccc23)SC1=Nc1cccc(C(=O)OC)c1. The van der Waals surface area contributed by atoms with Gasteiger partial charge < -0.3 is 9.47 Å². The van der Waals surface area contributed by atoms with Crippen LogP contribution in [0.5, 0.6) is 5.75 Å². The van der Waals surface area contributed by atoms with Crippen LogP contribution in [0.4, 0.5) is 5.69 Å². The molecule has 7 heteroatoms. The normalized spacial score (nSPS) is 15.4. The number of likely N-dealkylation sites (N-methyl/N-ethyl adjacent to an activating group) is 1. The Morgan fingerprint density at radius 1 is 0.974 bits per heavy atom. The van der Waals surface area contributed by atoms with Crippen LogP contribution in [0, 0.1) is 0 Å². The van der Waals surface area contributed by atoms with Crippen molar-refractivity contribution in [3.05, 3.63) is 113 Å². The van der Waals surface area contributed by atoms with E-state index >= 15 is 0 Å². The zero-order valence-corrected chi connectivity index (χ0v) is 21.9. The highest BCUT2D eigenvalue weighted by atomic mass is 32.2. The van der Waals surface area contributed by atoms with Crippen LogP contribution in [0.15, 0.2) is 101 Å². The summed E-state index contributed by atoms with van der Waals surface area (Å²) in [6.45, 7) is 2.79. The van der Waals surface area contributed by atoms with Crippen LogP contribution in [0.25, 0.3) is 16.8 Å². The molecular weight excluding hydrogens is 496 g/mol. The maximum Gasteiger partial charge on any atom is 0.337 e. The Hall–Kier alpha value is -4.36. The Labute approximate surface area is 225 Å². The predicted molar refractivity (Wildman–Crippen MR) is 153 cm³/mol. The van der Waals surface area contributed by atoms with E-state index < -0.39 is 5.97 Å². The first kappa shape index (κ1) is 25.3. The molecule has 0 aromatic heterocycles. The summed E-state index contributed by atoms with van der Waals surface area (Å²) >= 11 is 1.31. The van der Waals surface area contributed by atoms with Crippen LogP contribution in [-0.4, -0.2) is 35.6 Å². The number of nitrogens with zero attached hydrogens (tertiary/aromatic N) is 2. The number of methoxy groups -OCH3 is 1. The van der Waals surface area contributed by atoms with Gasteiger partial charge in [-0.1, -0.05) is 66.7 Å². The van der Waals surface area contributed by atoms with E-state index in [9.17, 15) is 9.59 Å². The third-order valence-corrected chi connectivity index (χ3v) is 7.15. The molecule has 1 fully saturated rings. The zero-order valence-electron chi connectivity index (χ0n) is 21.1. The quantitative estimate of drug-likeness (QED) is 0.197. The molecular formula is C31H26N2O4S. The molecule has 0 saturated carbocycles. The Morgan fingerprint density at radius 2 is 1.76 bits per heavy atom. The van der Waals surface area contributed by atoms with Crippen molar-refractivity contribution in [1.29, 1.82) is 0 Å². The van der Waals surface area contributed by atoms with Gasteiger partial charge in [0.1, 0.15) is 12.4 Å². The fourth-order valence-corrected chi connectivity index (χ4v) is 5.26. The van der Waals surface area contributed by atoms with E-state index in [1.54, 1.807) is 29.2 Å². The zero-order chi connectivity index (χ0) is 26.5. The van der Waals surface area contributed by atoms with Gasteiger partial charge in [0, 0.05) is 12.1 Å². The maximum atomic E-state index is 13.4. The third kappa shape index (κ3) is 5.33. The molecule has 5 rings (SSSR count). The lowest BCUT2D eigenvalue weighted by Crippen LogP contribution is -2.28. The molecule has 0 radical (unpaired) electrons. The van der Waals surface area contributed by atoms with Crippen LogP contribution >= 0.6 is 11.8 Å². The van der Waals surface area contributed by atoms with E-state index in [1.165, 1.54) is 18.9 Å². The molecule has 38 heavy (non-hydrogen) atoms. The van der Waals surface area contributed by atoms with E-state index in [4.69, 9.17) is 14.5 Å². The molecule has 0 aliphatic carbocycles. The number of rotatable bonds is 7. The number of thioether (sulfide) groups is 1. The molecule has 0 bridgehead atoms. The second-order valence-corrected chi connectivity index (χ2v) is 9.58. The van der Waals surface area contributed by atoms with Gasteiger partial charge in [0.05, 0.1) is 23.3 Å². The number of benzene rings is 4. The Bertz CT molecular complexity index is 1560. The van der Waals surface area contributed by atoms with Gasteiger partial charge in [0.15, 0.2) is 5.17 Å². The maximum absolute atomic E-state index is 13.4. The van der Waals surface area contributed by atoms with Crippen LogP contribution in [0.2, 0.25) is 0 Å². The number of esters is 1. The number of carbonyl (C=O) groups excluding carboxylic acids is 2. The summed E-state index contributed by atoms with van der Waals surface area (Å²) in [6.07, 6.45) is 1.89. The van der Waals surface area contributed by atoms with Gasteiger partial charge in [0.2, 0.25) is 0 Å². The second-order valence-electron chi connectivity index (χ2n) is 8.57. The van der Waals surface area contributed by atoms with Crippen molar-refractivity contribution < 1.29 is 19.1 Å². The van der Waals surface area contributed by atoms with Gasteiger partial charge >= 0.3 is 5.97 Å². The molecule has 1 aliphatic rings. The van der Waals surface area contributed by atoms with E-state index in [2.05, 4.69) is 0 Å². The van der Waals surface area contributed by atoms with Crippen LogP contribution in [0.1, 0.15) is 28.4 Å². The van der Waals surface area contributed by atoms with Crippen LogP contribution < -0.4 is 4.74 Å². The highest BCUT2D eigenvalue weighted by Gasteiger charge is 2.32. The van der Waals surface area contributed by atoms with Crippen molar-refractivity contribution in [2.75, 3.05) is 13.7 Å². The number of carbonyl (C=O) groups is 2. The summed E-state index contributed by atoms with van der Waals surface area (Å²) in [4.78, 5) is 32.3. The summed E-state index contributed by atoms with van der Waals surface area (Å²) < 4.78 is 11.1. The molecule has 4 aromatic rings. The van der Waals surface area contributed by atoms with Gasteiger partial charge in [0.25, 0.3) is 5.91 Å². The third-order valence-electron chi connectivity index (χ3n) is 6.14. The number of hydrogen-bond acceptors (Lipinski definition) is 6. The highest BCUT2D eigenvalue weighted by Crippen LogP contribution is 2.38. The molecule has 0 N–H and O–H groups in total. The summed E-state index contributed by atoms with van der Waals surface area (Å²) in [5, 5.41) is 2.61. The lowest BCUT2D eigenvalue weighted by atomic mass is 10.0. The monoisotopic (exact) mass is 522 g/mol. The minimum Gasteiger partial charge on any atom is -0.488 e. The number of amidine groups is 1. The fraction of sp³-hybridized carbons (Fsp3) is 0.129. The molecule has 1 saturated heterocycles. The molecule has 1 amide bonds. The fourth-order valence-electron chi connectivity index (χ4n) is 4.22. The second kappa shape index (κ2) is 11.4. The van der Waals surface area contributed by atoms with Gasteiger partial charge in [-0.25, -0.2) is 9.79 Å². The van der Waals surface area contributed by atoms with Crippen molar-refractivity contribution in [2.24, 2.45) is 4.99 Å². The number of aliphatic imine (C=N–C) groups is 1. The molecule has 0 atom stereocenters. The van der Waals surface area contributed by atoms with Crippen LogP contribution in [0.3, 0.4) is 0 Å². The van der Waals surface area contributed by atoms with E-state index in [0.717, 1.165) is 21.9 Å². The lowest BCUT2D eigenvalue weighted by molar-refractivity contribution is -0.122. The minimum absolute atomic E-state index is 0.123.